The summed E-state index contributed by atoms with van der Waals surface area (Å²) < 4.78 is 0. The molecule has 0 saturated carbocycles. The largest absolute Gasteiger partial charge is 0.192 e. The highest BCUT2D eigenvalue weighted by Crippen LogP contribution is 2.24. The van der Waals surface area contributed by atoms with Crippen LogP contribution in [0.3, 0.4) is 0 Å². The molecule has 0 spiro atoms. The summed E-state index contributed by atoms with van der Waals surface area (Å²) in [6.07, 6.45) is 0. The van der Waals surface area contributed by atoms with Crippen LogP contribution in [0, 0.1) is 45.3 Å². The number of hydrogen-bond donors (Lipinski definition) is 0. The molecule has 0 aromatic heterocycles. The first-order valence-corrected chi connectivity index (χ1v) is 5.62. The summed E-state index contributed by atoms with van der Waals surface area (Å²) in [7, 11) is 0. The minimum Gasteiger partial charge on any atom is -0.192 e. The molecule has 4 heteroatoms. The maximum atomic E-state index is 9.01. The second-order valence-electron chi connectivity index (χ2n) is 3.97. The molecule has 2 aromatic rings. The lowest BCUT2D eigenvalue weighted by molar-refractivity contribution is 1.41. The summed E-state index contributed by atoms with van der Waals surface area (Å²) in [5.41, 5.74) is 2.64. The monoisotopic (exact) mass is 254 g/mol. The molecule has 2 aromatic carbocycles. The van der Waals surface area contributed by atoms with E-state index in [1.165, 1.54) is 0 Å². The quantitative estimate of drug-likeness (QED) is 0.781. The first-order chi connectivity index (χ1) is 9.73. The molecule has 0 saturated heterocycles. The van der Waals surface area contributed by atoms with Crippen LogP contribution in [0.15, 0.2) is 36.4 Å². The van der Waals surface area contributed by atoms with E-state index < -0.39 is 0 Å². The zero-order valence-corrected chi connectivity index (χ0v) is 10.3. The molecule has 0 N–H and O–H groups in total. The van der Waals surface area contributed by atoms with Gasteiger partial charge >= 0.3 is 0 Å². The first kappa shape index (κ1) is 12.8. The summed E-state index contributed by atoms with van der Waals surface area (Å²) in [4.78, 5) is 0. The van der Waals surface area contributed by atoms with Crippen LogP contribution in [0.2, 0.25) is 0 Å². The Kier molecular flexibility index (Phi) is 3.45. The Morgan fingerprint density at radius 3 is 1.15 bits per heavy atom. The second-order valence-corrected chi connectivity index (χ2v) is 3.97. The molecule has 0 atom stereocenters. The zero-order chi connectivity index (χ0) is 14.5. The number of nitrogens with zero attached hydrogens (tertiary/aromatic N) is 4. The molecule has 0 amide bonds. The van der Waals surface area contributed by atoms with Crippen LogP contribution in [0.4, 0.5) is 0 Å². The van der Waals surface area contributed by atoms with Crippen LogP contribution in [0.5, 0.6) is 0 Å². The Morgan fingerprint density at radius 2 is 0.850 bits per heavy atom. The molecule has 0 aliphatic heterocycles. The van der Waals surface area contributed by atoms with Crippen molar-refractivity contribution in [3.8, 4) is 35.4 Å². The zero-order valence-electron chi connectivity index (χ0n) is 10.3. The van der Waals surface area contributed by atoms with E-state index in [9.17, 15) is 0 Å². The fraction of sp³-hybridized carbons (Fsp3) is 0. The van der Waals surface area contributed by atoms with Gasteiger partial charge in [0.2, 0.25) is 0 Å². The molecule has 0 aliphatic rings. The highest BCUT2D eigenvalue weighted by Gasteiger charge is 2.07. The van der Waals surface area contributed by atoms with Crippen LogP contribution in [-0.4, -0.2) is 0 Å². The molecular weight excluding hydrogens is 248 g/mol. The molecule has 0 heterocycles. The SMILES string of the molecule is N#Cc1ccc(-c2ccc(C#N)c(C#N)c2)cc1C#N. The normalized spacial score (nSPS) is 8.80. The van der Waals surface area contributed by atoms with Gasteiger partial charge in [-0.3, -0.25) is 0 Å². The predicted molar refractivity (Wildman–Crippen MR) is 70.7 cm³/mol. The van der Waals surface area contributed by atoms with Gasteiger partial charge in [0.15, 0.2) is 0 Å². The topological polar surface area (TPSA) is 95.2 Å². The van der Waals surface area contributed by atoms with Gasteiger partial charge < -0.3 is 0 Å². The van der Waals surface area contributed by atoms with Crippen LogP contribution < -0.4 is 0 Å². The van der Waals surface area contributed by atoms with Crippen molar-refractivity contribution in [2.24, 2.45) is 0 Å². The van der Waals surface area contributed by atoms with Crippen molar-refractivity contribution < 1.29 is 0 Å². The Labute approximate surface area is 116 Å². The Morgan fingerprint density at radius 1 is 0.500 bits per heavy atom. The van der Waals surface area contributed by atoms with Crippen LogP contribution in [0.25, 0.3) is 11.1 Å². The van der Waals surface area contributed by atoms with Gasteiger partial charge in [-0.2, -0.15) is 21.0 Å². The van der Waals surface area contributed by atoms with E-state index in [1.807, 2.05) is 24.3 Å². The van der Waals surface area contributed by atoms with Gasteiger partial charge in [0, 0.05) is 0 Å². The van der Waals surface area contributed by atoms with Crippen molar-refractivity contribution in [3.05, 3.63) is 58.7 Å². The molecule has 0 unspecified atom stereocenters. The molecule has 4 nitrogen and oxygen atoms in total. The number of hydrogen-bond acceptors (Lipinski definition) is 4. The van der Waals surface area contributed by atoms with Gasteiger partial charge in [0.1, 0.15) is 24.3 Å². The van der Waals surface area contributed by atoms with E-state index in [0.29, 0.717) is 11.1 Å². The fourth-order valence-electron chi connectivity index (χ4n) is 1.83. The summed E-state index contributed by atoms with van der Waals surface area (Å²) in [6.45, 7) is 0. The molecule has 0 fully saturated rings. The number of nitriles is 4. The van der Waals surface area contributed by atoms with Gasteiger partial charge in [0.05, 0.1) is 22.3 Å². The molecule has 0 radical (unpaired) electrons. The molecule has 90 valence electrons. The summed E-state index contributed by atoms with van der Waals surface area (Å²) in [6, 6.07) is 17.6. The van der Waals surface area contributed by atoms with Crippen molar-refractivity contribution in [2.75, 3.05) is 0 Å². The Balaban J connectivity index is 2.60. The molecule has 2 rings (SSSR count). The third-order valence-electron chi connectivity index (χ3n) is 2.85. The van der Waals surface area contributed by atoms with Crippen LogP contribution in [0.1, 0.15) is 22.3 Å². The lowest BCUT2D eigenvalue weighted by Crippen LogP contribution is -1.88. The Bertz CT molecular complexity index is 779. The smallest absolute Gasteiger partial charge is 0.101 e. The molecular formula is C16H6N4. The standard InChI is InChI=1S/C16H6N4/c17-7-13-3-1-11(5-15(13)9-19)12-2-4-14(8-18)16(6-12)10-20/h1-6H. The summed E-state index contributed by atoms with van der Waals surface area (Å²) >= 11 is 0. The van der Waals surface area contributed by atoms with Gasteiger partial charge in [-0.1, -0.05) is 12.1 Å². The lowest BCUT2D eigenvalue weighted by atomic mass is 9.97. The van der Waals surface area contributed by atoms with Crippen molar-refractivity contribution >= 4 is 0 Å². The third-order valence-corrected chi connectivity index (χ3v) is 2.85. The van der Waals surface area contributed by atoms with Gasteiger partial charge in [-0.25, -0.2) is 0 Å². The predicted octanol–water partition coefficient (Wildman–Crippen LogP) is 2.84. The lowest BCUT2D eigenvalue weighted by Gasteiger charge is -2.04. The highest BCUT2D eigenvalue weighted by atomic mass is 14.3. The van der Waals surface area contributed by atoms with Gasteiger partial charge in [0.25, 0.3) is 0 Å². The average molecular weight is 254 g/mol. The molecule has 0 aliphatic carbocycles. The van der Waals surface area contributed by atoms with E-state index in [1.54, 1.807) is 36.4 Å². The maximum absolute atomic E-state index is 9.01. The van der Waals surface area contributed by atoms with E-state index in [-0.39, 0.29) is 11.1 Å². The third kappa shape index (κ3) is 2.19. The number of benzene rings is 2. The van der Waals surface area contributed by atoms with Crippen LogP contribution in [-0.2, 0) is 0 Å². The van der Waals surface area contributed by atoms with Crippen molar-refractivity contribution in [1.82, 2.24) is 0 Å². The fourth-order valence-corrected chi connectivity index (χ4v) is 1.83. The van der Waals surface area contributed by atoms with Gasteiger partial charge in [-0.05, 0) is 35.4 Å². The summed E-state index contributed by atoms with van der Waals surface area (Å²) in [5.74, 6) is 0. The minimum absolute atomic E-state index is 0.285. The first-order valence-electron chi connectivity index (χ1n) is 5.62. The van der Waals surface area contributed by atoms with E-state index >= 15 is 0 Å². The minimum atomic E-state index is 0.285. The second kappa shape index (κ2) is 5.36. The molecule has 20 heavy (non-hydrogen) atoms. The summed E-state index contributed by atoms with van der Waals surface area (Å²) in [5, 5.41) is 35.8. The maximum Gasteiger partial charge on any atom is 0.101 e. The van der Waals surface area contributed by atoms with Gasteiger partial charge in [-0.15, -0.1) is 0 Å². The van der Waals surface area contributed by atoms with Crippen molar-refractivity contribution in [3.63, 3.8) is 0 Å². The highest BCUT2D eigenvalue weighted by molar-refractivity contribution is 5.70. The van der Waals surface area contributed by atoms with E-state index in [4.69, 9.17) is 21.0 Å². The molecule has 0 bridgehead atoms. The van der Waals surface area contributed by atoms with Crippen molar-refractivity contribution in [1.29, 1.82) is 21.0 Å². The Hall–Kier alpha value is -3.60. The average Bonchev–Trinajstić information content (AvgIpc) is 2.53. The van der Waals surface area contributed by atoms with Crippen molar-refractivity contribution in [2.45, 2.75) is 0 Å². The van der Waals surface area contributed by atoms with E-state index in [2.05, 4.69) is 0 Å². The number of rotatable bonds is 1. The van der Waals surface area contributed by atoms with Crippen LogP contribution >= 0.6 is 0 Å². The van der Waals surface area contributed by atoms with E-state index in [0.717, 1.165) is 11.1 Å².